The van der Waals surface area contributed by atoms with E-state index in [4.69, 9.17) is 0 Å². The number of sulfonamides is 1. The molecule has 108 valence electrons. The maximum Gasteiger partial charge on any atom is 0.402 e. The van der Waals surface area contributed by atoms with Crippen molar-refractivity contribution < 1.29 is 21.6 Å². The Hall–Kier alpha value is -0.300. The number of hydrogen-bond donors (Lipinski definition) is 0. The van der Waals surface area contributed by atoms with Crippen LogP contribution in [0, 0.1) is 11.8 Å². The summed E-state index contributed by atoms with van der Waals surface area (Å²) in [6.45, 7) is 0.725. The van der Waals surface area contributed by atoms with Gasteiger partial charge in [-0.2, -0.15) is 17.5 Å². The summed E-state index contributed by atoms with van der Waals surface area (Å²) in [7, 11) is -3.80. The summed E-state index contributed by atoms with van der Waals surface area (Å²) < 4.78 is 60.3. The van der Waals surface area contributed by atoms with E-state index >= 15 is 0 Å². The van der Waals surface area contributed by atoms with E-state index in [9.17, 15) is 21.6 Å². The quantitative estimate of drug-likeness (QED) is 0.797. The molecule has 0 aromatic heterocycles. The Labute approximate surface area is 106 Å². The molecule has 0 unspecified atom stereocenters. The molecule has 0 spiro atoms. The molecule has 0 aromatic rings. The van der Waals surface area contributed by atoms with Crippen LogP contribution in [-0.2, 0) is 10.0 Å². The molecule has 0 radical (unpaired) electrons. The Morgan fingerprint density at radius 1 is 1.17 bits per heavy atom. The maximum absolute atomic E-state index is 12.3. The lowest BCUT2D eigenvalue weighted by Crippen LogP contribution is -2.41. The van der Waals surface area contributed by atoms with Gasteiger partial charge in [0.05, 0.1) is 6.26 Å². The Morgan fingerprint density at radius 3 is 2.06 bits per heavy atom. The summed E-state index contributed by atoms with van der Waals surface area (Å²) in [5, 5.41) is 0. The van der Waals surface area contributed by atoms with Gasteiger partial charge in [-0.25, -0.2) is 8.42 Å². The van der Waals surface area contributed by atoms with Crippen LogP contribution >= 0.6 is 0 Å². The van der Waals surface area contributed by atoms with E-state index in [2.05, 4.69) is 6.92 Å². The molecule has 0 amide bonds. The monoisotopic (exact) mass is 287 g/mol. The van der Waals surface area contributed by atoms with Crippen molar-refractivity contribution in [3.8, 4) is 0 Å². The Kier molecular flexibility index (Phi) is 5.05. The Balaban J connectivity index is 2.62. The highest BCUT2D eigenvalue weighted by Crippen LogP contribution is 2.30. The van der Waals surface area contributed by atoms with Gasteiger partial charge in [0.1, 0.15) is 6.54 Å². The molecule has 1 aliphatic carbocycles. The van der Waals surface area contributed by atoms with Gasteiger partial charge in [0.2, 0.25) is 10.0 Å². The minimum atomic E-state index is -4.48. The van der Waals surface area contributed by atoms with Crippen molar-refractivity contribution in [2.45, 2.75) is 38.8 Å². The van der Waals surface area contributed by atoms with Gasteiger partial charge in [0, 0.05) is 6.54 Å². The fourth-order valence-electron chi connectivity index (χ4n) is 2.32. The zero-order valence-electron chi connectivity index (χ0n) is 10.7. The van der Waals surface area contributed by atoms with Crippen LogP contribution in [0.3, 0.4) is 0 Å². The second kappa shape index (κ2) is 5.77. The predicted molar refractivity (Wildman–Crippen MR) is 63.6 cm³/mol. The lowest BCUT2D eigenvalue weighted by molar-refractivity contribution is -0.137. The van der Waals surface area contributed by atoms with Gasteiger partial charge in [-0.15, -0.1) is 0 Å². The second-order valence-corrected chi connectivity index (χ2v) is 7.28. The molecule has 1 rings (SSSR count). The number of hydrogen-bond acceptors (Lipinski definition) is 2. The second-order valence-electron chi connectivity index (χ2n) is 5.30. The third kappa shape index (κ3) is 5.56. The summed E-state index contributed by atoms with van der Waals surface area (Å²) in [5.74, 6) is 0.647. The van der Waals surface area contributed by atoms with Crippen molar-refractivity contribution in [3.05, 3.63) is 0 Å². The summed E-state index contributed by atoms with van der Waals surface area (Å²) in [6, 6.07) is 0. The topological polar surface area (TPSA) is 37.4 Å². The van der Waals surface area contributed by atoms with Crippen LogP contribution in [0.15, 0.2) is 0 Å². The molecular formula is C11H20F3NO2S. The van der Waals surface area contributed by atoms with E-state index in [0.717, 1.165) is 31.9 Å². The van der Waals surface area contributed by atoms with Gasteiger partial charge >= 0.3 is 6.18 Å². The molecule has 18 heavy (non-hydrogen) atoms. The Morgan fingerprint density at radius 2 is 1.67 bits per heavy atom. The highest BCUT2D eigenvalue weighted by atomic mass is 32.2. The van der Waals surface area contributed by atoms with Gasteiger partial charge in [-0.05, 0) is 24.7 Å². The van der Waals surface area contributed by atoms with Crippen LogP contribution in [0.2, 0.25) is 0 Å². The molecular weight excluding hydrogens is 267 g/mol. The van der Waals surface area contributed by atoms with Gasteiger partial charge in [0.25, 0.3) is 0 Å². The first-order chi connectivity index (χ1) is 8.08. The van der Waals surface area contributed by atoms with Crippen molar-refractivity contribution in [1.82, 2.24) is 4.31 Å². The molecule has 0 aromatic carbocycles. The van der Waals surface area contributed by atoms with Gasteiger partial charge in [0.15, 0.2) is 0 Å². The predicted octanol–water partition coefficient (Wildman–Crippen LogP) is 2.64. The van der Waals surface area contributed by atoms with E-state index < -0.39 is 22.7 Å². The smallest absolute Gasteiger partial charge is 0.213 e. The fraction of sp³-hybridized carbons (Fsp3) is 1.00. The van der Waals surface area contributed by atoms with Crippen LogP contribution in [0.1, 0.15) is 32.6 Å². The first kappa shape index (κ1) is 15.8. The Bertz CT molecular complexity index is 359. The summed E-state index contributed by atoms with van der Waals surface area (Å²) in [5.41, 5.74) is 0. The third-order valence-corrected chi connectivity index (χ3v) is 4.64. The average Bonchev–Trinajstić information content (AvgIpc) is 2.17. The van der Waals surface area contributed by atoms with Crippen LogP contribution < -0.4 is 0 Å². The van der Waals surface area contributed by atoms with E-state index in [1.165, 1.54) is 0 Å². The van der Waals surface area contributed by atoms with Gasteiger partial charge in [-0.1, -0.05) is 19.8 Å². The number of alkyl halides is 3. The SMILES string of the molecule is CS(=O)(=O)N(CC(F)(F)F)C[C@H]1CC[C@H](C)CC1. The first-order valence-corrected chi connectivity index (χ1v) is 7.94. The van der Waals surface area contributed by atoms with Crippen LogP contribution in [0.4, 0.5) is 13.2 Å². The zero-order valence-corrected chi connectivity index (χ0v) is 11.5. The first-order valence-electron chi connectivity index (χ1n) is 6.10. The van der Waals surface area contributed by atoms with Crippen molar-refractivity contribution >= 4 is 10.0 Å². The molecule has 1 fully saturated rings. The molecule has 0 atom stereocenters. The van der Waals surface area contributed by atoms with Crippen molar-refractivity contribution in [1.29, 1.82) is 0 Å². The normalized spacial score (nSPS) is 26.6. The highest BCUT2D eigenvalue weighted by molar-refractivity contribution is 7.88. The van der Waals surface area contributed by atoms with Crippen LogP contribution in [-0.4, -0.2) is 38.2 Å². The molecule has 7 heteroatoms. The molecule has 0 saturated heterocycles. The zero-order chi connectivity index (χ0) is 14.0. The minimum absolute atomic E-state index is 0.00887. The molecule has 0 N–H and O–H groups in total. The molecule has 3 nitrogen and oxygen atoms in total. The van der Waals surface area contributed by atoms with E-state index in [1.807, 2.05) is 0 Å². The largest absolute Gasteiger partial charge is 0.402 e. The van der Waals surface area contributed by atoms with Gasteiger partial charge < -0.3 is 0 Å². The fourth-order valence-corrected chi connectivity index (χ4v) is 3.18. The standard InChI is InChI=1S/C11H20F3NO2S/c1-9-3-5-10(6-4-9)7-15(18(2,16)17)8-11(12,13)14/h9-10H,3-8H2,1-2H3/t9-,10-. The summed E-state index contributed by atoms with van der Waals surface area (Å²) >= 11 is 0. The van der Waals surface area contributed by atoms with Crippen LogP contribution in [0.5, 0.6) is 0 Å². The minimum Gasteiger partial charge on any atom is -0.213 e. The van der Waals surface area contributed by atoms with E-state index in [0.29, 0.717) is 10.2 Å². The van der Waals surface area contributed by atoms with Gasteiger partial charge in [-0.3, -0.25) is 0 Å². The lowest BCUT2D eigenvalue weighted by Gasteiger charge is -2.30. The third-order valence-electron chi connectivity index (χ3n) is 3.42. The number of rotatable bonds is 4. The summed E-state index contributed by atoms with van der Waals surface area (Å²) in [4.78, 5) is 0. The van der Waals surface area contributed by atoms with E-state index in [1.54, 1.807) is 0 Å². The maximum atomic E-state index is 12.3. The highest BCUT2D eigenvalue weighted by Gasteiger charge is 2.36. The molecule has 0 aliphatic heterocycles. The lowest BCUT2D eigenvalue weighted by atomic mass is 9.83. The molecule has 1 aliphatic rings. The number of nitrogens with zero attached hydrogens (tertiary/aromatic N) is 1. The van der Waals surface area contributed by atoms with Crippen LogP contribution in [0.25, 0.3) is 0 Å². The molecule has 1 saturated carbocycles. The molecule has 0 bridgehead atoms. The van der Waals surface area contributed by atoms with E-state index in [-0.39, 0.29) is 12.5 Å². The van der Waals surface area contributed by atoms with Crippen molar-refractivity contribution in [2.24, 2.45) is 11.8 Å². The molecule has 0 heterocycles. The number of halogens is 3. The van der Waals surface area contributed by atoms with Crippen molar-refractivity contribution in [2.75, 3.05) is 19.3 Å². The summed E-state index contributed by atoms with van der Waals surface area (Å²) in [6.07, 6.45) is -0.0894. The average molecular weight is 287 g/mol. The van der Waals surface area contributed by atoms with Crippen molar-refractivity contribution in [3.63, 3.8) is 0 Å².